The Kier molecular flexibility index (Phi) is 6.06. The molecule has 0 amide bonds. The molecule has 0 aliphatic carbocycles. The maximum atomic E-state index is 11.3. The highest BCUT2D eigenvalue weighted by molar-refractivity contribution is 6.13. The molecular formula is C9H9N3O5Si. The van der Waals surface area contributed by atoms with Crippen molar-refractivity contribution in [1.82, 2.24) is 0 Å². The van der Waals surface area contributed by atoms with Crippen LogP contribution in [-0.2, 0) is 23.9 Å². The van der Waals surface area contributed by atoms with Gasteiger partial charge in [-0.1, -0.05) is 6.58 Å². The van der Waals surface area contributed by atoms with E-state index in [1.807, 2.05) is 0 Å². The normalized spacial score (nSPS) is 13.8. The molecule has 0 saturated heterocycles. The number of hydrogen-bond acceptors (Lipinski definition) is 8. The Morgan fingerprint density at radius 2 is 1.61 bits per heavy atom. The van der Waals surface area contributed by atoms with Gasteiger partial charge >= 0.3 is 11.8 Å². The summed E-state index contributed by atoms with van der Waals surface area (Å²) in [4.78, 5) is 51.5. The Morgan fingerprint density at radius 1 is 1.22 bits per heavy atom. The quantitative estimate of drug-likeness (QED) is 0.190. The van der Waals surface area contributed by atoms with Crippen molar-refractivity contribution in [1.29, 1.82) is 0 Å². The van der Waals surface area contributed by atoms with E-state index >= 15 is 0 Å². The number of ether oxygens (including phenoxy) is 1. The molecule has 0 rings (SSSR count). The van der Waals surface area contributed by atoms with Crippen molar-refractivity contribution in [2.75, 3.05) is 0 Å². The Hall–Kier alpha value is -2.43. The molecule has 0 aromatic carbocycles. The summed E-state index contributed by atoms with van der Waals surface area (Å²) >= 11 is 0. The highest BCUT2D eigenvalue weighted by Gasteiger charge is 2.39. The van der Waals surface area contributed by atoms with Crippen LogP contribution in [0.2, 0.25) is 0 Å². The first-order valence-electron chi connectivity index (χ1n) is 4.57. The standard InChI is InChI=1S/C9H9N3O5Si/c1-6(2)7(16)17-8(18)9(10-3-13,11-4-14)12-5-15/h8H,1H2,2,18H3. The SMILES string of the molecule is C=C(C)C(=O)OC([SiH3])C(N=C=O)(N=C=O)N=C=O. The van der Waals surface area contributed by atoms with Crippen LogP contribution in [0, 0.1) is 0 Å². The average Bonchev–Trinajstić information content (AvgIpc) is 2.29. The van der Waals surface area contributed by atoms with Crippen LogP contribution in [0.3, 0.4) is 0 Å². The van der Waals surface area contributed by atoms with Gasteiger partial charge in [-0.15, -0.1) is 15.0 Å². The molecule has 0 radical (unpaired) electrons. The van der Waals surface area contributed by atoms with Crippen LogP contribution in [0.25, 0.3) is 0 Å². The van der Waals surface area contributed by atoms with E-state index in [0.717, 1.165) is 18.2 Å². The van der Waals surface area contributed by atoms with Crippen LogP contribution in [-0.4, -0.2) is 46.0 Å². The topological polar surface area (TPSA) is 115 Å². The van der Waals surface area contributed by atoms with Gasteiger partial charge in [0.1, 0.15) is 5.73 Å². The van der Waals surface area contributed by atoms with Crippen molar-refractivity contribution < 1.29 is 23.9 Å². The summed E-state index contributed by atoms with van der Waals surface area (Å²) in [6.07, 6.45) is 3.30. The lowest BCUT2D eigenvalue weighted by Gasteiger charge is -2.23. The smallest absolute Gasteiger partial charge is 0.333 e. The highest BCUT2D eigenvalue weighted by Crippen LogP contribution is 2.20. The van der Waals surface area contributed by atoms with Crippen LogP contribution in [0.15, 0.2) is 27.1 Å². The maximum Gasteiger partial charge on any atom is 0.333 e. The van der Waals surface area contributed by atoms with E-state index in [9.17, 15) is 19.2 Å². The first kappa shape index (κ1) is 15.6. The fourth-order valence-electron chi connectivity index (χ4n) is 0.889. The first-order valence-corrected chi connectivity index (χ1v) is 5.72. The second kappa shape index (κ2) is 7.00. The Balaban J connectivity index is 5.49. The molecule has 0 heterocycles. The van der Waals surface area contributed by atoms with Gasteiger partial charge in [-0.25, -0.2) is 19.2 Å². The van der Waals surface area contributed by atoms with Gasteiger partial charge in [0.2, 0.25) is 18.2 Å². The average molecular weight is 267 g/mol. The Bertz CT molecular complexity index is 453. The molecule has 8 nitrogen and oxygen atoms in total. The van der Waals surface area contributed by atoms with E-state index in [1.165, 1.54) is 6.92 Å². The summed E-state index contributed by atoms with van der Waals surface area (Å²) in [5.74, 6) is -2.98. The molecule has 1 unspecified atom stereocenters. The number of nitrogens with zero attached hydrogens (tertiary/aromatic N) is 3. The minimum atomic E-state index is -2.19. The largest absolute Gasteiger partial charge is 0.457 e. The van der Waals surface area contributed by atoms with Crippen molar-refractivity contribution >= 4 is 34.5 Å². The van der Waals surface area contributed by atoms with Crippen molar-refractivity contribution in [2.24, 2.45) is 15.0 Å². The zero-order chi connectivity index (χ0) is 14.2. The van der Waals surface area contributed by atoms with Crippen LogP contribution in [0.4, 0.5) is 0 Å². The third-order valence-corrected chi connectivity index (χ3v) is 2.82. The second-order valence-corrected chi connectivity index (χ2v) is 4.17. The van der Waals surface area contributed by atoms with E-state index in [2.05, 4.69) is 21.6 Å². The molecule has 0 spiro atoms. The summed E-state index contributed by atoms with van der Waals surface area (Å²) in [6, 6.07) is 0. The van der Waals surface area contributed by atoms with Gasteiger partial charge < -0.3 is 4.74 Å². The number of carbonyl (C=O) groups excluding carboxylic acids is 4. The molecule has 9 heteroatoms. The maximum absolute atomic E-state index is 11.3. The predicted octanol–water partition coefficient (Wildman–Crippen LogP) is -1.54. The number of aliphatic imine (C=N–C) groups is 3. The van der Waals surface area contributed by atoms with Crippen molar-refractivity contribution in [2.45, 2.75) is 18.4 Å². The van der Waals surface area contributed by atoms with Crippen molar-refractivity contribution in [3.05, 3.63) is 12.2 Å². The van der Waals surface area contributed by atoms with Gasteiger partial charge in [-0.05, 0) is 6.92 Å². The lowest BCUT2D eigenvalue weighted by Crippen LogP contribution is -2.41. The first-order chi connectivity index (χ1) is 8.43. The molecule has 0 bridgehead atoms. The lowest BCUT2D eigenvalue weighted by atomic mass is 10.3. The summed E-state index contributed by atoms with van der Waals surface area (Å²) in [5, 5.41) is 0. The van der Waals surface area contributed by atoms with E-state index < -0.39 is 17.5 Å². The Labute approximate surface area is 105 Å². The van der Waals surface area contributed by atoms with Crippen molar-refractivity contribution in [3.8, 4) is 0 Å². The van der Waals surface area contributed by atoms with Crippen molar-refractivity contribution in [3.63, 3.8) is 0 Å². The Morgan fingerprint density at radius 3 is 1.89 bits per heavy atom. The molecule has 0 aromatic rings. The van der Waals surface area contributed by atoms with Crippen LogP contribution in [0.5, 0.6) is 0 Å². The zero-order valence-electron chi connectivity index (χ0n) is 9.67. The number of isocyanates is 3. The van der Waals surface area contributed by atoms with Gasteiger partial charge in [-0.2, -0.15) is 0 Å². The fourth-order valence-corrected chi connectivity index (χ4v) is 1.49. The molecular weight excluding hydrogens is 258 g/mol. The molecule has 1 atom stereocenters. The van der Waals surface area contributed by atoms with E-state index in [1.54, 1.807) is 0 Å². The van der Waals surface area contributed by atoms with Gasteiger partial charge in [0.15, 0.2) is 0 Å². The molecule has 0 aliphatic heterocycles. The third-order valence-electron chi connectivity index (χ3n) is 1.81. The number of hydrogen-bond donors (Lipinski definition) is 0. The highest BCUT2D eigenvalue weighted by atomic mass is 28.1. The monoisotopic (exact) mass is 267 g/mol. The van der Waals surface area contributed by atoms with Crippen LogP contribution in [0.1, 0.15) is 6.92 Å². The molecule has 0 saturated carbocycles. The fraction of sp³-hybridized carbons (Fsp3) is 0.333. The zero-order valence-corrected chi connectivity index (χ0v) is 11.7. The van der Waals surface area contributed by atoms with Crippen LogP contribution < -0.4 is 0 Å². The summed E-state index contributed by atoms with van der Waals surface area (Å²) in [5.41, 5.74) is -1.09. The van der Waals surface area contributed by atoms with E-state index in [4.69, 9.17) is 4.74 Å². The van der Waals surface area contributed by atoms with E-state index in [0.29, 0.717) is 0 Å². The molecule has 0 fully saturated rings. The summed E-state index contributed by atoms with van der Waals surface area (Å²) in [7, 11) is 0.0805. The summed E-state index contributed by atoms with van der Waals surface area (Å²) < 4.78 is 4.84. The molecule has 0 aliphatic rings. The van der Waals surface area contributed by atoms with E-state index in [-0.39, 0.29) is 15.8 Å². The minimum Gasteiger partial charge on any atom is -0.457 e. The van der Waals surface area contributed by atoms with Gasteiger partial charge in [0.25, 0.3) is 0 Å². The molecule has 18 heavy (non-hydrogen) atoms. The van der Waals surface area contributed by atoms with Gasteiger partial charge in [0.05, 0.1) is 10.2 Å². The third kappa shape index (κ3) is 3.86. The molecule has 0 N–H and O–H groups in total. The number of carbonyl (C=O) groups is 1. The van der Waals surface area contributed by atoms with Gasteiger partial charge in [0, 0.05) is 5.57 Å². The second-order valence-electron chi connectivity index (χ2n) is 3.12. The van der Waals surface area contributed by atoms with Crippen LogP contribution >= 0.6 is 0 Å². The number of esters is 1. The number of rotatable bonds is 6. The molecule has 94 valence electrons. The lowest BCUT2D eigenvalue weighted by molar-refractivity contribution is -0.142. The predicted molar refractivity (Wildman–Crippen MR) is 61.7 cm³/mol. The minimum absolute atomic E-state index is 0.0805. The summed E-state index contributed by atoms with van der Waals surface area (Å²) in [6.45, 7) is 4.74. The van der Waals surface area contributed by atoms with Gasteiger partial charge in [-0.3, -0.25) is 0 Å². The molecule has 0 aromatic heterocycles.